The van der Waals surface area contributed by atoms with E-state index in [1.54, 1.807) is 11.0 Å². The van der Waals surface area contributed by atoms with Crippen LogP contribution in [0.4, 0.5) is 5.69 Å². The third-order valence-corrected chi connectivity index (χ3v) is 3.62. The summed E-state index contributed by atoms with van der Waals surface area (Å²) in [6.07, 6.45) is 1.96. The molecule has 0 bridgehead atoms. The molecule has 1 saturated heterocycles. The lowest BCUT2D eigenvalue weighted by Gasteiger charge is -2.15. The van der Waals surface area contributed by atoms with Crippen molar-refractivity contribution in [3.05, 3.63) is 28.2 Å². The summed E-state index contributed by atoms with van der Waals surface area (Å²) in [7, 11) is 0. The highest BCUT2D eigenvalue weighted by Gasteiger charge is 2.24. The van der Waals surface area contributed by atoms with Crippen LogP contribution in [-0.2, 0) is 9.59 Å². The molecule has 0 aromatic heterocycles. The Bertz CT molecular complexity index is 482. The highest BCUT2D eigenvalue weighted by atomic mass is 79.9. The summed E-state index contributed by atoms with van der Waals surface area (Å²) in [5.74, 6) is -1.01. The van der Waals surface area contributed by atoms with E-state index in [1.165, 1.54) is 0 Å². The number of amides is 2. The monoisotopic (exact) mass is 310 g/mol. The summed E-state index contributed by atoms with van der Waals surface area (Å²) in [6, 6.07) is 5.57. The summed E-state index contributed by atoms with van der Waals surface area (Å²) >= 11 is 3.37. The van der Waals surface area contributed by atoms with Crippen LogP contribution in [0.25, 0.3) is 0 Å². The molecule has 1 heterocycles. The second kappa shape index (κ2) is 5.52. The maximum atomic E-state index is 11.8. The van der Waals surface area contributed by atoms with Gasteiger partial charge in [-0.1, -0.05) is 6.07 Å². The van der Waals surface area contributed by atoms with Crippen LogP contribution in [-0.4, -0.2) is 29.8 Å². The van der Waals surface area contributed by atoms with Gasteiger partial charge in [-0.2, -0.15) is 0 Å². The Morgan fingerprint density at radius 2 is 1.94 bits per heavy atom. The van der Waals surface area contributed by atoms with Crippen molar-refractivity contribution in [2.24, 2.45) is 0 Å². The molecule has 18 heavy (non-hydrogen) atoms. The van der Waals surface area contributed by atoms with Crippen molar-refractivity contribution in [2.75, 3.05) is 18.4 Å². The molecule has 1 N–H and O–H groups in total. The minimum Gasteiger partial charge on any atom is -0.334 e. The maximum absolute atomic E-state index is 11.8. The van der Waals surface area contributed by atoms with E-state index in [-0.39, 0.29) is 0 Å². The van der Waals surface area contributed by atoms with Gasteiger partial charge >= 0.3 is 11.8 Å². The normalized spacial score (nSPS) is 14.7. The maximum Gasteiger partial charge on any atom is 0.313 e. The second-order valence-electron chi connectivity index (χ2n) is 4.44. The molecule has 96 valence electrons. The molecule has 2 amide bonds. The van der Waals surface area contributed by atoms with Crippen LogP contribution in [0.1, 0.15) is 18.4 Å². The lowest BCUT2D eigenvalue weighted by molar-refractivity contribution is -0.142. The number of carbonyl (C=O) groups excluding carboxylic acids is 2. The molecule has 1 fully saturated rings. The summed E-state index contributed by atoms with van der Waals surface area (Å²) < 4.78 is 0.782. The lowest BCUT2D eigenvalue weighted by Crippen LogP contribution is -2.37. The van der Waals surface area contributed by atoms with Gasteiger partial charge in [0.05, 0.1) is 5.69 Å². The van der Waals surface area contributed by atoms with Gasteiger partial charge < -0.3 is 10.2 Å². The van der Waals surface area contributed by atoms with Crippen molar-refractivity contribution >= 4 is 33.4 Å². The number of hydrogen-bond donors (Lipinski definition) is 1. The molecule has 2 rings (SSSR count). The Balaban J connectivity index is 2.04. The molecule has 0 radical (unpaired) electrons. The predicted octanol–water partition coefficient (Wildman–Crippen LogP) is 2.32. The minimum atomic E-state index is -0.568. The zero-order chi connectivity index (χ0) is 13.1. The molecule has 0 unspecified atom stereocenters. The zero-order valence-corrected chi connectivity index (χ0v) is 11.8. The van der Waals surface area contributed by atoms with E-state index in [0.717, 1.165) is 22.9 Å². The number of aryl methyl sites for hydroxylation is 1. The van der Waals surface area contributed by atoms with E-state index >= 15 is 0 Å². The van der Waals surface area contributed by atoms with Crippen molar-refractivity contribution in [3.8, 4) is 0 Å². The molecule has 4 nitrogen and oxygen atoms in total. The molecule has 5 heteroatoms. The first-order chi connectivity index (χ1) is 8.58. The standard InChI is InChI=1S/C13H15BrN2O2/c1-9-4-5-11(10(14)8-9)15-12(17)13(18)16-6-2-3-7-16/h4-5,8H,2-3,6-7H2,1H3,(H,15,17). The van der Waals surface area contributed by atoms with Crippen LogP contribution in [0.2, 0.25) is 0 Å². The third kappa shape index (κ3) is 2.90. The third-order valence-electron chi connectivity index (χ3n) is 2.96. The van der Waals surface area contributed by atoms with Gasteiger partial charge in [-0.25, -0.2) is 0 Å². The van der Waals surface area contributed by atoms with Gasteiger partial charge in [-0.15, -0.1) is 0 Å². The quantitative estimate of drug-likeness (QED) is 0.809. The number of halogens is 1. The summed E-state index contributed by atoms with van der Waals surface area (Å²) in [6.45, 7) is 3.33. The molecular weight excluding hydrogens is 296 g/mol. The first kappa shape index (κ1) is 13.1. The number of carbonyl (C=O) groups is 2. The first-order valence-corrected chi connectivity index (χ1v) is 6.73. The number of rotatable bonds is 1. The molecule has 1 aromatic rings. The SMILES string of the molecule is Cc1ccc(NC(=O)C(=O)N2CCCC2)c(Br)c1. The van der Waals surface area contributed by atoms with Crippen molar-refractivity contribution in [1.29, 1.82) is 0 Å². The van der Waals surface area contributed by atoms with Crippen LogP contribution >= 0.6 is 15.9 Å². The molecule has 0 spiro atoms. The number of nitrogens with one attached hydrogen (secondary N) is 1. The van der Waals surface area contributed by atoms with Gasteiger partial charge in [0, 0.05) is 17.6 Å². The Hall–Kier alpha value is -1.36. The minimum absolute atomic E-state index is 0.444. The van der Waals surface area contributed by atoms with E-state index in [0.29, 0.717) is 18.8 Å². The fraction of sp³-hybridized carbons (Fsp3) is 0.385. The first-order valence-electron chi connectivity index (χ1n) is 5.94. The lowest BCUT2D eigenvalue weighted by atomic mass is 10.2. The average molecular weight is 311 g/mol. The Morgan fingerprint density at radius 1 is 1.28 bits per heavy atom. The van der Waals surface area contributed by atoms with Crippen LogP contribution in [0, 0.1) is 6.92 Å². The highest BCUT2D eigenvalue weighted by Crippen LogP contribution is 2.23. The van der Waals surface area contributed by atoms with Crippen molar-refractivity contribution in [2.45, 2.75) is 19.8 Å². The molecule has 1 aromatic carbocycles. The van der Waals surface area contributed by atoms with E-state index < -0.39 is 11.8 Å². The van der Waals surface area contributed by atoms with Crippen LogP contribution < -0.4 is 5.32 Å². The van der Waals surface area contributed by atoms with Crippen LogP contribution in [0.15, 0.2) is 22.7 Å². The average Bonchev–Trinajstić information content (AvgIpc) is 2.85. The van der Waals surface area contributed by atoms with E-state index in [2.05, 4.69) is 21.2 Å². The van der Waals surface area contributed by atoms with Crippen molar-refractivity contribution in [3.63, 3.8) is 0 Å². The summed E-state index contributed by atoms with van der Waals surface area (Å²) in [5.41, 5.74) is 1.71. The molecule has 1 aliphatic rings. The summed E-state index contributed by atoms with van der Waals surface area (Å²) in [4.78, 5) is 25.2. The number of nitrogens with zero attached hydrogens (tertiary/aromatic N) is 1. The van der Waals surface area contributed by atoms with Gasteiger partial charge in [0.25, 0.3) is 0 Å². The van der Waals surface area contributed by atoms with Gasteiger partial charge in [0.1, 0.15) is 0 Å². The molecule has 0 atom stereocenters. The number of likely N-dealkylation sites (tertiary alicyclic amines) is 1. The summed E-state index contributed by atoms with van der Waals surface area (Å²) in [5, 5.41) is 2.64. The highest BCUT2D eigenvalue weighted by molar-refractivity contribution is 9.10. The topological polar surface area (TPSA) is 49.4 Å². The van der Waals surface area contributed by atoms with Gasteiger partial charge in [-0.05, 0) is 53.4 Å². The predicted molar refractivity (Wildman–Crippen MR) is 73.3 cm³/mol. The number of hydrogen-bond acceptors (Lipinski definition) is 2. The molecular formula is C13H15BrN2O2. The number of anilines is 1. The van der Waals surface area contributed by atoms with Gasteiger partial charge in [-0.3, -0.25) is 9.59 Å². The van der Waals surface area contributed by atoms with E-state index in [9.17, 15) is 9.59 Å². The van der Waals surface area contributed by atoms with Gasteiger partial charge in [0.15, 0.2) is 0 Å². The molecule has 0 saturated carbocycles. The molecule has 0 aliphatic carbocycles. The fourth-order valence-corrected chi connectivity index (χ4v) is 2.55. The van der Waals surface area contributed by atoms with E-state index in [1.807, 2.05) is 19.1 Å². The van der Waals surface area contributed by atoms with E-state index in [4.69, 9.17) is 0 Å². The smallest absolute Gasteiger partial charge is 0.313 e. The van der Waals surface area contributed by atoms with Crippen LogP contribution in [0.3, 0.4) is 0 Å². The Kier molecular flexibility index (Phi) is 4.01. The zero-order valence-electron chi connectivity index (χ0n) is 10.2. The van der Waals surface area contributed by atoms with Gasteiger partial charge in [0.2, 0.25) is 0 Å². The Morgan fingerprint density at radius 3 is 2.56 bits per heavy atom. The largest absolute Gasteiger partial charge is 0.334 e. The van der Waals surface area contributed by atoms with Crippen LogP contribution in [0.5, 0.6) is 0 Å². The fourth-order valence-electron chi connectivity index (χ4n) is 1.96. The molecule has 1 aliphatic heterocycles. The number of benzene rings is 1. The van der Waals surface area contributed by atoms with Crippen molar-refractivity contribution < 1.29 is 9.59 Å². The Labute approximate surface area is 114 Å². The second-order valence-corrected chi connectivity index (χ2v) is 5.29. The van der Waals surface area contributed by atoms with Crippen molar-refractivity contribution in [1.82, 2.24) is 4.90 Å².